The van der Waals surface area contributed by atoms with Crippen molar-refractivity contribution in [2.45, 2.75) is 39.3 Å². The SMILES string of the molecule is Cc1ncsc1CCOCC(O)CNCCN(C)C(C)C. The average molecular weight is 315 g/mol. The lowest BCUT2D eigenvalue weighted by Gasteiger charge is -2.21. The normalized spacial score (nSPS) is 13.3. The van der Waals surface area contributed by atoms with Gasteiger partial charge in [0.1, 0.15) is 0 Å². The summed E-state index contributed by atoms with van der Waals surface area (Å²) >= 11 is 1.66. The predicted octanol–water partition coefficient (Wildman–Crippen LogP) is 1.30. The molecule has 0 radical (unpaired) electrons. The Morgan fingerprint density at radius 2 is 2.24 bits per heavy atom. The smallest absolute Gasteiger partial charge is 0.0897 e. The van der Waals surface area contributed by atoms with Crippen molar-refractivity contribution in [2.75, 3.05) is 39.9 Å². The first kappa shape index (κ1) is 18.5. The number of hydrogen-bond donors (Lipinski definition) is 2. The molecule has 0 spiro atoms. The van der Waals surface area contributed by atoms with E-state index >= 15 is 0 Å². The number of rotatable bonds is 11. The summed E-state index contributed by atoms with van der Waals surface area (Å²) in [6, 6.07) is 0.551. The first-order valence-corrected chi connectivity index (χ1v) is 8.44. The zero-order valence-corrected chi connectivity index (χ0v) is 14.4. The maximum atomic E-state index is 9.82. The molecular formula is C15H29N3O2S. The van der Waals surface area contributed by atoms with Gasteiger partial charge in [-0.3, -0.25) is 0 Å². The van der Waals surface area contributed by atoms with Crippen molar-refractivity contribution >= 4 is 11.3 Å². The molecule has 122 valence electrons. The Labute approximate surface area is 132 Å². The molecular weight excluding hydrogens is 286 g/mol. The molecule has 1 rings (SSSR count). The molecule has 0 saturated carbocycles. The van der Waals surface area contributed by atoms with E-state index < -0.39 is 6.10 Å². The lowest BCUT2D eigenvalue weighted by Crippen LogP contribution is -2.37. The van der Waals surface area contributed by atoms with E-state index in [1.54, 1.807) is 11.3 Å². The maximum Gasteiger partial charge on any atom is 0.0897 e. The van der Waals surface area contributed by atoms with Gasteiger partial charge in [-0.05, 0) is 27.8 Å². The first-order chi connectivity index (χ1) is 10.0. The molecule has 0 aliphatic carbocycles. The van der Waals surface area contributed by atoms with Crippen LogP contribution < -0.4 is 5.32 Å². The number of aliphatic hydroxyl groups is 1. The quantitative estimate of drug-likeness (QED) is 0.603. The van der Waals surface area contributed by atoms with E-state index in [1.165, 1.54) is 4.88 Å². The molecule has 0 bridgehead atoms. The van der Waals surface area contributed by atoms with Gasteiger partial charge in [-0.25, -0.2) is 4.98 Å². The Hall–Kier alpha value is -0.530. The molecule has 0 aliphatic heterocycles. The van der Waals surface area contributed by atoms with Crippen molar-refractivity contribution in [3.8, 4) is 0 Å². The molecule has 1 aromatic rings. The highest BCUT2D eigenvalue weighted by atomic mass is 32.1. The largest absolute Gasteiger partial charge is 0.389 e. The second-order valence-corrected chi connectivity index (χ2v) is 6.56. The number of aliphatic hydroxyl groups excluding tert-OH is 1. The number of nitrogens with one attached hydrogen (secondary N) is 1. The molecule has 0 amide bonds. The van der Waals surface area contributed by atoms with Crippen LogP contribution >= 0.6 is 11.3 Å². The lowest BCUT2D eigenvalue weighted by molar-refractivity contribution is 0.0383. The zero-order valence-electron chi connectivity index (χ0n) is 13.6. The van der Waals surface area contributed by atoms with Crippen LogP contribution in [0.3, 0.4) is 0 Å². The standard InChI is InChI=1S/C15H29N3O2S/c1-12(2)18(4)7-6-16-9-14(19)10-20-8-5-15-13(3)17-11-21-15/h11-12,14,16,19H,5-10H2,1-4H3. The molecule has 1 aromatic heterocycles. The van der Waals surface area contributed by atoms with E-state index in [0.717, 1.165) is 25.2 Å². The second-order valence-electron chi connectivity index (χ2n) is 5.62. The summed E-state index contributed by atoms with van der Waals surface area (Å²) in [6.45, 7) is 9.81. The summed E-state index contributed by atoms with van der Waals surface area (Å²) in [6.07, 6.45) is 0.424. The summed E-state index contributed by atoms with van der Waals surface area (Å²) in [5.41, 5.74) is 2.94. The van der Waals surface area contributed by atoms with Gasteiger partial charge < -0.3 is 20.1 Å². The highest BCUT2D eigenvalue weighted by molar-refractivity contribution is 7.09. The fraction of sp³-hybridized carbons (Fsp3) is 0.800. The van der Waals surface area contributed by atoms with Crippen LogP contribution in [0.25, 0.3) is 0 Å². The lowest BCUT2D eigenvalue weighted by atomic mass is 10.3. The topological polar surface area (TPSA) is 57.6 Å². The molecule has 6 heteroatoms. The van der Waals surface area contributed by atoms with Gasteiger partial charge in [0.25, 0.3) is 0 Å². The molecule has 1 heterocycles. The fourth-order valence-electron chi connectivity index (χ4n) is 1.79. The monoisotopic (exact) mass is 315 g/mol. The van der Waals surface area contributed by atoms with Gasteiger partial charge in [0.05, 0.1) is 30.5 Å². The molecule has 5 nitrogen and oxygen atoms in total. The number of aromatic nitrogens is 1. The molecule has 21 heavy (non-hydrogen) atoms. The first-order valence-electron chi connectivity index (χ1n) is 7.56. The van der Waals surface area contributed by atoms with Gasteiger partial charge >= 0.3 is 0 Å². The van der Waals surface area contributed by atoms with Crippen molar-refractivity contribution in [3.05, 3.63) is 16.1 Å². The van der Waals surface area contributed by atoms with Crippen molar-refractivity contribution in [1.29, 1.82) is 0 Å². The number of aryl methyl sites for hydroxylation is 1. The third-order valence-electron chi connectivity index (χ3n) is 3.53. The summed E-state index contributed by atoms with van der Waals surface area (Å²) < 4.78 is 5.52. The highest BCUT2D eigenvalue weighted by Gasteiger charge is 2.06. The summed E-state index contributed by atoms with van der Waals surface area (Å²) in [4.78, 5) is 7.74. The summed E-state index contributed by atoms with van der Waals surface area (Å²) in [7, 11) is 2.10. The Balaban J connectivity index is 1.99. The van der Waals surface area contributed by atoms with Crippen LogP contribution in [0.5, 0.6) is 0 Å². The Bertz CT molecular complexity index is 385. The minimum Gasteiger partial charge on any atom is -0.389 e. The number of thiazole rings is 1. The molecule has 2 N–H and O–H groups in total. The average Bonchev–Trinajstić information content (AvgIpc) is 2.85. The Morgan fingerprint density at radius 3 is 2.86 bits per heavy atom. The van der Waals surface area contributed by atoms with E-state index in [-0.39, 0.29) is 0 Å². The van der Waals surface area contributed by atoms with Crippen LogP contribution in [0.15, 0.2) is 5.51 Å². The predicted molar refractivity (Wildman–Crippen MR) is 88.0 cm³/mol. The van der Waals surface area contributed by atoms with Crippen LogP contribution in [0.1, 0.15) is 24.4 Å². The van der Waals surface area contributed by atoms with E-state index in [4.69, 9.17) is 4.74 Å². The van der Waals surface area contributed by atoms with Crippen LogP contribution in [-0.2, 0) is 11.2 Å². The van der Waals surface area contributed by atoms with Crippen LogP contribution in [-0.4, -0.2) is 67.0 Å². The van der Waals surface area contributed by atoms with Crippen molar-refractivity contribution in [3.63, 3.8) is 0 Å². The molecule has 1 atom stereocenters. The molecule has 0 aliphatic rings. The van der Waals surface area contributed by atoms with E-state index in [9.17, 15) is 5.11 Å². The van der Waals surface area contributed by atoms with Crippen LogP contribution in [0.4, 0.5) is 0 Å². The van der Waals surface area contributed by atoms with Gasteiger partial charge in [-0.15, -0.1) is 11.3 Å². The number of hydrogen-bond acceptors (Lipinski definition) is 6. The van der Waals surface area contributed by atoms with E-state index in [2.05, 4.69) is 36.1 Å². The number of nitrogens with zero attached hydrogens (tertiary/aromatic N) is 2. The van der Waals surface area contributed by atoms with E-state index in [0.29, 0.717) is 25.8 Å². The van der Waals surface area contributed by atoms with Gasteiger partial charge in [0.2, 0.25) is 0 Å². The molecule has 0 fully saturated rings. The Kier molecular flexibility index (Phi) is 9.03. The summed E-state index contributed by atoms with van der Waals surface area (Å²) in [5, 5.41) is 13.1. The molecule has 0 saturated heterocycles. The molecule has 0 aromatic carbocycles. The highest BCUT2D eigenvalue weighted by Crippen LogP contribution is 2.12. The zero-order chi connectivity index (χ0) is 15.7. The van der Waals surface area contributed by atoms with Gasteiger partial charge in [0.15, 0.2) is 0 Å². The third-order valence-corrected chi connectivity index (χ3v) is 4.53. The number of likely N-dealkylation sites (N-methyl/N-ethyl adjacent to an activating group) is 1. The van der Waals surface area contributed by atoms with Crippen LogP contribution in [0.2, 0.25) is 0 Å². The third kappa shape index (κ3) is 7.87. The van der Waals surface area contributed by atoms with Gasteiger partial charge in [-0.2, -0.15) is 0 Å². The Morgan fingerprint density at radius 1 is 1.48 bits per heavy atom. The van der Waals surface area contributed by atoms with E-state index in [1.807, 2.05) is 12.4 Å². The van der Waals surface area contributed by atoms with Crippen LogP contribution in [0, 0.1) is 6.92 Å². The van der Waals surface area contributed by atoms with Crippen molar-refractivity contribution in [2.24, 2.45) is 0 Å². The minimum atomic E-state index is -0.447. The number of ether oxygens (including phenoxy) is 1. The minimum absolute atomic E-state index is 0.380. The van der Waals surface area contributed by atoms with Crippen molar-refractivity contribution < 1.29 is 9.84 Å². The fourth-order valence-corrected chi connectivity index (χ4v) is 2.55. The second kappa shape index (κ2) is 10.2. The van der Waals surface area contributed by atoms with Gasteiger partial charge in [-0.1, -0.05) is 0 Å². The van der Waals surface area contributed by atoms with Gasteiger partial charge in [0, 0.05) is 37.0 Å². The molecule has 1 unspecified atom stereocenters. The summed E-state index contributed by atoms with van der Waals surface area (Å²) in [5.74, 6) is 0. The maximum absolute atomic E-state index is 9.82. The van der Waals surface area contributed by atoms with Crippen molar-refractivity contribution in [1.82, 2.24) is 15.2 Å².